The fraction of sp³-hybridized carbons (Fsp3) is 0.700. The SMILES string of the molecule is C=CCS(=O)(=O)C(C)C(=O)NC(CC)CO. The van der Waals surface area contributed by atoms with Crippen LogP contribution in [0, 0.1) is 0 Å². The average molecular weight is 249 g/mol. The highest BCUT2D eigenvalue weighted by atomic mass is 32.2. The van der Waals surface area contributed by atoms with Crippen LogP contribution in [0.1, 0.15) is 20.3 Å². The van der Waals surface area contributed by atoms with Crippen molar-refractivity contribution in [2.75, 3.05) is 12.4 Å². The van der Waals surface area contributed by atoms with Crippen molar-refractivity contribution in [3.05, 3.63) is 12.7 Å². The molecule has 6 heteroatoms. The molecule has 2 unspecified atom stereocenters. The maximum atomic E-state index is 11.6. The number of carbonyl (C=O) groups is 1. The normalized spacial score (nSPS) is 15.2. The van der Waals surface area contributed by atoms with E-state index in [1.54, 1.807) is 6.92 Å². The number of nitrogens with one attached hydrogen (secondary N) is 1. The van der Waals surface area contributed by atoms with Crippen molar-refractivity contribution in [2.24, 2.45) is 0 Å². The Morgan fingerprint density at radius 1 is 1.56 bits per heavy atom. The molecule has 0 saturated heterocycles. The molecule has 0 aliphatic heterocycles. The van der Waals surface area contributed by atoms with E-state index in [0.717, 1.165) is 0 Å². The van der Waals surface area contributed by atoms with Crippen molar-refractivity contribution in [3.63, 3.8) is 0 Å². The topological polar surface area (TPSA) is 83.5 Å². The van der Waals surface area contributed by atoms with E-state index in [2.05, 4.69) is 11.9 Å². The Kier molecular flexibility index (Phi) is 6.28. The third kappa shape index (κ3) is 4.32. The molecule has 0 radical (unpaired) electrons. The molecule has 94 valence electrons. The summed E-state index contributed by atoms with van der Waals surface area (Å²) in [7, 11) is -3.48. The highest BCUT2D eigenvalue weighted by Crippen LogP contribution is 2.03. The fourth-order valence-corrected chi connectivity index (χ4v) is 2.08. The minimum Gasteiger partial charge on any atom is -0.394 e. The van der Waals surface area contributed by atoms with Gasteiger partial charge in [-0.15, -0.1) is 6.58 Å². The first-order valence-electron chi connectivity index (χ1n) is 5.12. The molecular formula is C10H19NO4S. The van der Waals surface area contributed by atoms with Gasteiger partial charge in [0, 0.05) is 0 Å². The summed E-state index contributed by atoms with van der Waals surface area (Å²) in [4.78, 5) is 11.6. The second-order valence-corrected chi connectivity index (χ2v) is 5.92. The zero-order valence-corrected chi connectivity index (χ0v) is 10.5. The minimum absolute atomic E-state index is 0.198. The molecule has 0 saturated carbocycles. The zero-order valence-electron chi connectivity index (χ0n) is 9.64. The molecule has 0 heterocycles. The molecule has 16 heavy (non-hydrogen) atoms. The summed E-state index contributed by atoms with van der Waals surface area (Å²) in [6.07, 6.45) is 1.80. The van der Waals surface area contributed by atoms with Crippen LogP contribution in [0.4, 0.5) is 0 Å². The Balaban J connectivity index is 4.56. The molecule has 1 amide bonds. The monoisotopic (exact) mass is 249 g/mol. The highest BCUT2D eigenvalue weighted by molar-refractivity contribution is 7.92. The van der Waals surface area contributed by atoms with E-state index in [1.807, 2.05) is 0 Å². The van der Waals surface area contributed by atoms with Gasteiger partial charge in [-0.2, -0.15) is 0 Å². The number of aliphatic hydroxyl groups is 1. The first kappa shape index (κ1) is 15.1. The largest absolute Gasteiger partial charge is 0.394 e. The fourth-order valence-electron chi connectivity index (χ4n) is 1.07. The van der Waals surface area contributed by atoms with Crippen LogP contribution in [0.5, 0.6) is 0 Å². The Hall–Kier alpha value is -0.880. The van der Waals surface area contributed by atoms with Gasteiger partial charge < -0.3 is 10.4 Å². The lowest BCUT2D eigenvalue weighted by molar-refractivity contribution is -0.121. The lowest BCUT2D eigenvalue weighted by Crippen LogP contribution is -2.45. The molecule has 0 aromatic heterocycles. The smallest absolute Gasteiger partial charge is 0.238 e. The van der Waals surface area contributed by atoms with Crippen molar-refractivity contribution in [2.45, 2.75) is 31.6 Å². The van der Waals surface area contributed by atoms with Gasteiger partial charge >= 0.3 is 0 Å². The van der Waals surface area contributed by atoms with Gasteiger partial charge in [-0.05, 0) is 13.3 Å². The molecule has 0 bridgehead atoms. The second-order valence-electron chi connectivity index (χ2n) is 3.56. The molecule has 0 rings (SSSR count). The van der Waals surface area contributed by atoms with E-state index in [0.29, 0.717) is 6.42 Å². The van der Waals surface area contributed by atoms with Crippen LogP contribution in [-0.2, 0) is 14.6 Å². The summed E-state index contributed by atoms with van der Waals surface area (Å²) in [6, 6.07) is -0.395. The van der Waals surface area contributed by atoms with E-state index in [1.165, 1.54) is 13.0 Å². The number of carbonyl (C=O) groups excluding carboxylic acids is 1. The lowest BCUT2D eigenvalue weighted by atomic mass is 10.2. The average Bonchev–Trinajstić information content (AvgIpc) is 2.24. The first-order chi connectivity index (χ1) is 7.38. The van der Waals surface area contributed by atoms with Crippen LogP contribution < -0.4 is 5.32 Å². The molecule has 5 nitrogen and oxygen atoms in total. The van der Waals surface area contributed by atoms with Gasteiger partial charge in [-0.25, -0.2) is 8.42 Å². The molecule has 0 aromatic rings. The van der Waals surface area contributed by atoms with Crippen molar-refractivity contribution in [1.82, 2.24) is 5.32 Å². The minimum atomic E-state index is -3.48. The molecule has 0 aromatic carbocycles. The first-order valence-corrected chi connectivity index (χ1v) is 6.84. The maximum Gasteiger partial charge on any atom is 0.238 e. The predicted octanol–water partition coefficient (Wildman–Crippen LogP) is -0.137. The number of rotatable bonds is 7. The molecule has 0 aliphatic carbocycles. The van der Waals surface area contributed by atoms with E-state index >= 15 is 0 Å². The van der Waals surface area contributed by atoms with Crippen molar-refractivity contribution in [3.8, 4) is 0 Å². The Bertz CT molecular complexity index is 333. The summed E-state index contributed by atoms with van der Waals surface area (Å²) in [5.74, 6) is -0.805. The number of amides is 1. The highest BCUT2D eigenvalue weighted by Gasteiger charge is 2.27. The number of hydrogen-bond acceptors (Lipinski definition) is 4. The quantitative estimate of drug-likeness (QED) is 0.615. The van der Waals surface area contributed by atoms with Crippen molar-refractivity contribution < 1.29 is 18.3 Å². The van der Waals surface area contributed by atoms with E-state index in [4.69, 9.17) is 5.11 Å². The van der Waals surface area contributed by atoms with Gasteiger partial charge in [0.1, 0.15) is 5.25 Å². The van der Waals surface area contributed by atoms with Gasteiger partial charge in [-0.3, -0.25) is 4.79 Å². The lowest BCUT2D eigenvalue weighted by Gasteiger charge is -2.17. The Morgan fingerprint density at radius 2 is 2.12 bits per heavy atom. The van der Waals surface area contributed by atoms with Crippen LogP contribution in [-0.4, -0.2) is 43.1 Å². The van der Waals surface area contributed by atoms with Crippen molar-refractivity contribution in [1.29, 1.82) is 0 Å². The van der Waals surface area contributed by atoms with Gasteiger partial charge in [0.15, 0.2) is 9.84 Å². The molecule has 0 aliphatic rings. The Morgan fingerprint density at radius 3 is 2.50 bits per heavy atom. The van der Waals surface area contributed by atoms with Crippen LogP contribution in [0.3, 0.4) is 0 Å². The zero-order chi connectivity index (χ0) is 12.8. The molecule has 0 spiro atoms. The summed E-state index contributed by atoms with van der Waals surface area (Å²) in [5, 5.41) is 10.2. The number of sulfone groups is 1. The van der Waals surface area contributed by atoms with Gasteiger partial charge in [0.25, 0.3) is 0 Å². The summed E-state index contributed by atoms with van der Waals surface area (Å²) in [6.45, 7) is 6.26. The third-order valence-corrected chi connectivity index (χ3v) is 4.31. The second kappa shape index (κ2) is 6.65. The van der Waals surface area contributed by atoms with Crippen LogP contribution >= 0.6 is 0 Å². The standard InChI is InChI=1S/C10H19NO4S/c1-4-6-16(14,15)8(3)10(13)11-9(5-2)7-12/h4,8-9,12H,1,5-7H2,2-3H3,(H,11,13). The summed E-state index contributed by atoms with van der Waals surface area (Å²) >= 11 is 0. The predicted molar refractivity (Wildman–Crippen MR) is 62.8 cm³/mol. The Labute approximate surface area is 96.5 Å². The third-order valence-electron chi connectivity index (χ3n) is 2.32. The van der Waals surface area contributed by atoms with Gasteiger partial charge in [0.2, 0.25) is 5.91 Å². The van der Waals surface area contributed by atoms with Crippen LogP contribution in [0.25, 0.3) is 0 Å². The molecule has 0 fully saturated rings. The van der Waals surface area contributed by atoms with Gasteiger partial charge in [0.05, 0.1) is 18.4 Å². The van der Waals surface area contributed by atoms with Crippen molar-refractivity contribution >= 4 is 15.7 Å². The van der Waals surface area contributed by atoms with Crippen LogP contribution in [0.15, 0.2) is 12.7 Å². The van der Waals surface area contributed by atoms with Gasteiger partial charge in [-0.1, -0.05) is 13.0 Å². The van der Waals surface area contributed by atoms with E-state index in [9.17, 15) is 13.2 Å². The maximum absolute atomic E-state index is 11.6. The molecule has 2 N–H and O–H groups in total. The molecule has 2 atom stereocenters. The number of hydrogen-bond donors (Lipinski definition) is 2. The van der Waals surface area contributed by atoms with E-state index < -0.39 is 27.0 Å². The number of aliphatic hydroxyl groups excluding tert-OH is 1. The van der Waals surface area contributed by atoms with E-state index in [-0.39, 0.29) is 12.4 Å². The van der Waals surface area contributed by atoms with Crippen LogP contribution in [0.2, 0.25) is 0 Å². The molecular weight excluding hydrogens is 230 g/mol. The summed E-state index contributed by atoms with van der Waals surface area (Å²) < 4.78 is 23.1. The summed E-state index contributed by atoms with van der Waals surface area (Å²) in [5.41, 5.74) is 0.